The summed E-state index contributed by atoms with van der Waals surface area (Å²) in [5.41, 5.74) is 0.592. The number of amides is 3. The van der Waals surface area contributed by atoms with Gasteiger partial charge in [0.25, 0.3) is 5.91 Å². The van der Waals surface area contributed by atoms with Gasteiger partial charge in [0.2, 0.25) is 0 Å². The number of anilines is 1. The molecule has 9 nitrogen and oxygen atoms in total. The number of hydrogen-bond donors (Lipinski definition) is 3. The van der Waals surface area contributed by atoms with E-state index in [9.17, 15) is 14.4 Å². The van der Waals surface area contributed by atoms with Crippen molar-refractivity contribution in [2.45, 2.75) is 6.42 Å². The molecule has 0 spiro atoms. The molecule has 0 unspecified atom stereocenters. The number of nitrogens with zero attached hydrogens (tertiary/aromatic N) is 1. The highest BCUT2D eigenvalue weighted by Gasteiger charge is 2.18. The van der Waals surface area contributed by atoms with Crippen molar-refractivity contribution in [3.8, 4) is 0 Å². The zero-order valence-corrected chi connectivity index (χ0v) is 16.2. The number of ether oxygens (including phenoxy) is 2. The van der Waals surface area contributed by atoms with Crippen LogP contribution in [0.1, 0.15) is 16.8 Å². The van der Waals surface area contributed by atoms with Crippen molar-refractivity contribution < 1.29 is 23.9 Å². The number of nitrogens with one attached hydrogen (secondary N) is 3. The van der Waals surface area contributed by atoms with Gasteiger partial charge in [0, 0.05) is 46.4 Å². The Morgan fingerprint density at radius 3 is 2.57 bits per heavy atom. The predicted molar refractivity (Wildman–Crippen MR) is 104 cm³/mol. The maximum atomic E-state index is 12.3. The lowest BCUT2D eigenvalue weighted by molar-refractivity contribution is -0.136. The molecule has 3 N–H and O–H groups in total. The van der Waals surface area contributed by atoms with Crippen LogP contribution in [0.4, 0.5) is 5.69 Å². The van der Waals surface area contributed by atoms with Crippen LogP contribution in [-0.4, -0.2) is 82.3 Å². The summed E-state index contributed by atoms with van der Waals surface area (Å²) in [6, 6.07) is 6.57. The van der Waals surface area contributed by atoms with Gasteiger partial charge in [-0.3, -0.25) is 19.3 Å². The minimum atomic E-state index is -0.804. The van der Waals surface area contributed by atoms with E-state index in [4.69, 9.17) is 9.47 Å². The maximum Gasteiger partial charge on any atom is 0.313 e. The third-order valence-electron chi connectivity index (χ3n) is 4.25. The number of carbonyl (C=O) groups excluding carboxylic acids is 3. The lowest BCUT2D eigenvalue weighted by Gasteiger charge is -2.26. The molecule has 1 aromatic carbocycles. The number of methoxy groups -OCH3 is 1. The molecule has 2 rings (SSSR count). The fourth-order valence-electron chi connectivity index (χ4n) is 2.72. The van der Waals surface area contributed by atoms with Crippen molar-refractivity contribution in [3.63, 3.8) is 0 Å². The maximum absolute atomic E-state index is 12.3. The van der Waals surface area contributed by atoms with Gasteiger partial charge in [-0.05, 0) is 18.6 Å². The number of carbonyl (C=O) groups is 3. The normalized spacial score (nSPS) is 14.3. The first kappa shape index (κ1) is 21.8. The molecule has 0 aromatic heterocycles. The van der Waals surface area contributed by atoms with E-state index in [0.29, 0.717) is 57.1 Å². The van der Waals surface area contributed by atoms with E-state index in [-0.39, 0.29) is 5.91 Å². The molecule has 0 radical (unpaired) electrons. The van der Waals surface area contributed by atoms with Crippen molar-refractivity contribution in [2.24, 2.45) is 0 Å². The van der Waals surface area contributed by atoms with Gasteiger partial charge in [-0.25, -0.2) is 0 Å². The molecule has 1 aromatic rings. The van der Waals surface area contributed by atoms with Gasteiger partial charge >= 0.3 is 11.8 Å². The SMILES string of the molecule is COCCCNC(=O)c1ccccc1NC(=O)C(=O)NCCN1CCOCC1. The Hall–Kier alpha value is -2.49. The monoisotopic (exact) mass is 392 g/mol. The van der Waals surface area contributed by atoms with Crippen LogP contribution in [0.2, 0.25) is 0 Å². The number of morpholine rings is 1. The Kier molecular flexibility index (Phi) is 9.40. The topological polar surface area (TPSA) is 109 Å². The lowest BCUT2D eigenvalue weighted by Crippen LogP contribution is -2.43. The van der Waals surface area contributed by atoms with Gasteiger partial charge in [0.15, 0.2) is 0 Å². The van der Waals surface area contributed by atoms with E-state index >= 15 is 0 Å². The fourth-order valence-corrected chi connectivity index (χ4v) is 2.72. The van der Waals surface area contributed by atoms with Gasteiger partial charge in [0.05, 0.1) is 24.5 Å². The van der Waals surface area contributed by atoms with Crippen LogP contribution >= 0.6 is 0 Å². The van der Waals surface area contributed by atoms with E-state index in [0.717, 1.165) is 13.1 Å². The van der Waals surface area contributed by atoms with Crippen molar-refractivity contribution in [1.29, 1.82) is 0 Å². The zero-order valence-electron chi connectivity index (χ0n) is 16.2. The van der Waals surface area contributed by atoms with Gasteiger partial charge in [-0.1, -0.05) is 12.1 Å². The second-order valence-corrected chi connectivity index (χ2v) is 6.31. The van der Waals surface area contributed by atoms with E-state index in [1.807, 2.05) is 0 Å². The van der Waals surface area contributed by atoms with Gasteiger partial charge in [-0.15, -0.1) is 0 Å². The van der Waals surface area contributed by atoms with E-state index in [2.05, 4.69) is 20.9 Å². The fraction of sp³-hybridized carbons (Fsp3) is 0.526. The molecule has 3 amide bonds. The third-order valence-corrected chi connectivity index (χ3v) is 4.25. The summed E-state index contributed by atoms with van der Waals surface area (Å²) in [7, 11) is 1.60. The van der Waals surface area contributed by atoms with Gasteiger partial charge in [-0.2, -0.15) is 0 Å². The average Bonchev–Trinajstić information content (AvgIpc) is 2.72. The van der Waals surface area contributed by atoms with Gasteiger partial charge in [0.1, 0.15) is 0 Å². The first-order valence-electron chi connectivity index (χ1n) is 9.37. The summed E-state index contributed by atoms with van der Waals surface area (Å²) in [4.78, 5) is 38.7. The molecular weight excluding hydrogens is 364 g/mol. The molecule has 1 aliphatic rings. The van der Waals surface area contributed by atoms with E-state index in [1.54, 1.807) is 31.4 Å². The summed E-state index contributed by atoms with van der Waals surface area (Å²) in [6.07, 6.45) is 0.683. The van der Waals surface area contributed by atoms with Gasteiger partial charge < -0.3 is 25.4 Å². The Morgan fingerprint density at radius 2 is 1.82 bits per heavy atom. The molecule has 0 atom stereocenters. The van der Waals surface area contributed by atoms with Crippen LogP contribution < -0.4 is 16.0 Å². The average molecular weight is 392 g/mol. The minimum absolute atomic E-state index is 0.292. The minimum Gasteiger partial charge on any atom is -0.385 e. The molecule has 154 valence electrons. The Labute approximate surface area is 164 Å². The summed E-state index contributed by atoms with van der Waals surface area (Å²) in [5, 5.41) is 7.87. The highest BCUT2D eigenvalue weighted by atomic mass is 16.5. The molecule has 0 saturated carbocycles. The molecule has 28 heavy (non-hydrogen) atoms. The zero-order chi connectivity index (χ0) is 20.2. The molecule has 1 fully saturated rings. The summed E-state index contributed by atoms with van der Waals surface area (Å²) in [6.45, 7) is 5.01. The first-order chi connectivity index (χ1) is 13.6. The Bertz CT molecular complexity index is 661. The Morgan fingerprint density at radius 1 is 1.07 bits per heavy atom. The summed E-state index contributed by atoms with van der Waals surface area (Å²) < 4.78 is 10.2. The molecule has 1 heterocycles. The molecular formula is C19H28N4O5. The molecule has 0 bridgehead atoms. The molecule has 1 aliphatic heterocycles. The van der Waals surface area contributed by atoms with Crippen LogP contribution in [0.15, 0.2) is 24.3 Å². The second-order valence-electron chi connectivity index (χ2n) is 6.31. The largest absolute Gasteiger partial charge is 0.385 e. The van der Waals surface area contributed by atoms with Crippen molar-refractivity contribution in [1.82, 2.24) is 15.5 Å². The van der Waals surface area contributed by atoms with E-state index in [1.165, 1.54) is 0 Å². The van der Waals surface area contributed by atoms with Crippen molar-refractivity contribution in [3.05, 3.63) is 29.8 Å². The van der Waals surface area contributed by atoms with Crippen molar-refractivity contribution in [2.75, 3.05) is 65.0 Å². The highest BCUT2D eigenvalue weighted by Crippen LogP contribution is 2.14. The highest BCUT2D eigenvalue weighted by molar-refractivity contribution is 6.40. The summed E-state index contributed by atoms with van der Waals surface area (Å²) >= 11 is 0. The number of para-hydroxylation sites is 1. The number of rotatable bonds is 9. The number of benzene rings is 1. The van der Waals surface area contributed by atoms with Crippen LogP contribution in [-0.2, 0) is 19.1 Å². The first-order valence-corrected chi connectivity index (χ1v) is 9.37. The van der Waals surface area contributed by atoms with Crippen LogP contribution in [0.3, 0.4) is 0 Å². The van der Waals surface area contributed by atoms with E-state index < -0.39 is 11.8 Å². The van der Waals surface area contributed by atoms with Crippen LogP contribution in [0.25, 0.3) is 0 Å². The smallest absolute Gasteiger partial charge is 0.313 e. The summed E-state index contributed by atoms with van der Waals surface area (Å²) in [5.74, 6) is -1.86. The predicted octanol–water partition coefficient (Wildman–Crippen LogP) is -0.160. The third kappa shape index (κ3) is 7.26. The Balaban J connectivity index is 1.81. The molecule has 9 heteroatoms. The quantitative estimate of drug-likeness (QED) is 0.398. The number of hydrogen-bond acceptors (Lipinski definition) is 6. The van der Waals surface area contributed by atoms with Crippen LogP contribution in [0.5, 0.6) is 0 Å². The molecule has 0 aliphatic carbocycles. The van der Waals surface area contributed by atoms with Crippen molar-refractivity contribution >= 4 is 23.4 Å². The lowest BCUT2D eigenvalue weighted by atomic mass is 10.1. The second kappa shape index (κ2) is 12.1. The van der Waals surface area contributed by atoms with Crippen LogP contribution in [0, 0.1) is 0 Å². The molecule has 1 saturated heterocycles. The standard InChI is InChI=1S/C19H28N4O5/c1-27-12-4-7-20-17(24)15-5-2-3-6-16(15)22-19(26)18(25)21-8-9-23-10-13-28-14-11-23/h2-3,5-6H,4,7-14H2,1H3,(H,20,24)(H,21,25)(H,22,26).